The second-order valence-electron chi connectivity index (χ2n) is 7.87. The molecule has 0 bridgehead atoms. The molecule has 0 unspecified atom stereocenters. The zero-order valence-corrected chi connectivity index (χ0v) is 17.9. The summed E-state index contributed by atoms with van der Waals surface area (Å²) in [6.07, 6.45) is 4.51. The highest BCUT2D eigenvalue weighted by molar-refractivity contribution is 5.80. The molecule has 0 atom stereocenters. The van der Waals surface area contributed by atoms with Gasteiger partial charge in [-0.1, -0.05) is 54.1 Å². The Morgan fingerprint density at radius 2 is 1.67 bits per heavy atom. The van der Waals surface area contributed by atoms with E-state index in [1.165, 1.54) is 22.4 Å². The summed E-state index contributed by atoms with van der Waals surface area (Å²) >= 11 is 0. The monoisotopic (exact) mass is 404 g/mol. The molecule has 5 nitrogen and oxygen atoms in total. The molecule has 0 aromatic heterocycles. The molecule has 1 N–H and O–H groups in total. The van der Waals surface area contributed by atoms with Crippen LogP contribution in [0.2, 0.25) is 0 Å². The topological polar surface area (TPSA) is 40.1 Å². The first-order valence-corrected chi connectivity index (χ1v) is 10.9. The molecule has 2 aliphatic rings. The summed E-state index contributed by atoms with van der Waals surface area (Å²) in [5.41, 5.74) is 5.37. The summed E-state index contributed by atoms with van der Waals surface area (Å²) in [5, 5.41) is 3.54. The van der Waals surface area contributed by atoms with Crippen molar-refractivity contribution in [2.45, 2.75) is 19.4 Å². The highest BCUT2D eigenvalue weighted by atomic mass is 16.5. The Morgan fingerprint density at radius 3 is 2.33 bits per heavy atom. The van der Waals surface area contributed by atoms with Gasteiger partial charge in [-0.2, -0.15) is 0 Å². The zero-order chi connectivity index (χ0) is 20.6. The molecule has 2 aromatic carbocycles. The minimum atomic E-state index is 0.791. The van der Waals surface area contributed by atoms with Gasteiger partial charge >= 0.3 is 0 Å². The average molecular weight is 405 g/mol. The minimum Gasteiger partial charge on any atom is -0.378 e. The lowest BCUT2D eigenvalue weighted by molar-refractivity contribution is 0.122. The summed E-state index contributed by atoms with van der Waals surface area (Å²) in [4.78, 5) is 9.27. The number of hydrogen-bond acceptors (Lipinski definition) is 3. The van der Waals surface area contributed by atoms with E-state index in [1.807, 2.05) is 7.05 Å². The van der Waals surface area contributed by atoms with E-state index < -0.39 is 0 Å². The van der Waals surface area contributed by atoms with Crippen LogP contribution < -0.4 is 10.2 Å². The summed E-state index contributed by atoms with van der Waals surface area (Å²) in [5.74, 6) is 0.992. The van der Waals surface area contributed by atoms with E-state index in [4.69, 9.17) is 4.74 Å². The van der Waals surface area contributed by atoms with Crippen LogP contribution in [0.15, 0.2) is 65.2 Å². The van der Waals surface area contributed by atoms with E-state index in [0.29, 0.717) is 0 Å². The van der Waals surface area contributed by atoms with Gasteiger partial charge in [0.1, 0.15) is 0 Å². The lowest BCUT2D eigenvalue weighted by Crippen LogP contribution is -2.44. The first kappa shape index (κ1) is 20.5. The lowest BCUT2D eigenvalue weighted by Gasteiger charge is -2.31. The van der Waals surface area contributed by atoms with E-state index in [1.54, 1.807) is 0 Å². The van der Waals surface area contributed by atoms with Crippen molar-refractivity contribution < 1.29 is 4.74 Å². The van der Waals surface area contributed by atoms with Gasteiger partial charge in [-0.05, 0) is 36.1 Å². The number of aliphatic imine (C=N–C) groups is 1. The van der Waals surface area contributed by atoms with E-state index >= 15 is 0 Å². The fourth-order valence-corrected chi connectivity index (χ4v) is 4.09. The summed E-state index contributed by atoms with van der Waals surface area (Å²) in [7, 11) is 1.87. The maximum Gasteiger partial charge on any atom is 0.193 e. The first-order valence-electron chi connectivity index (χ1n) is 10.9. The van der Waals surface area contributed by atoms with Gasteiger partial charge in [-0.25, -0.2) is 0 Å². The highest BCUT2D eigenvalue weighted by Gasteiger charge is 2.17. The van der Waals surface area contributed by atoms with Crippen LogP contribution in [-0.2, 0) is 11.3 Å². The van der Waals surface area contributed by atoms with Crippen LogP contribution in [0.1, 0.15) is 24.0 Å². The van der Waals surface area contributed by atoms with Gasteiger partial charge in [-0.15, -0.1) is 0 Å². The molecular weight excluding hydrogens is 372 g/mol. The molecular formula is C25H32N4O. The standard InChI is InChI=1S/C25H32N4O/c1-26-25(29-13-11-22(12-14-29)19-21-5-3-2-4-6-21)27-20-23-7-9-24(10-8-23)28-15-17-30-18-16-28/h2-10,19H,11-18,20H2,1H3,(H,26,27). The molecule has 2 aliphatic heterocycles. The molecule has 158 valence electrons. The highest BCUT2D eigenvalue weighted by Crippen LogP contribution is 2.20. The minimum absolute atomic E-state index is 0.791. The SMILES string of the molecule is CN=C(NCc1ccc(N2CCOCC2)cc1)N1CCC(=Cc2ccccc2)CC1. The van der Waals surface area contributed by atoms with Gasteiger partial charge in [0.05, 0.1) is 13.2 Å². The Balaban J connectivity index is 1.27. The molecule has 0 saturated carbocycles. The predicted molar refractivity (Wildman–Crippen MR) is 125 cm³/mol. The van der Waals surface area contributed by atoms with E-state index in [9.17, 15) is 0 Å². The Hall–Kier alpha value is -2.79. The quantitative estimate of drug-likeness (QED) is 0.622. The Bertz CT molecular complexity index is 844. The molecule has 0 aliphatic carbocycles. The molecule has 0 spiro atoms. The second kappa shape index (κ2) is 10.3. The van der Waals surface area contributed by atoms with Crippen molar-refractivity contribution in [2.75, 3.05) is 51.3 Å². The lowest BCUT2D eigenvalue weighted by atomic mass is 10.0. The smallest absolute Gasteiger partial charge is 0.193 e. The Morgan fingerprint density at radius 1 is 0.967 bits per heavy atom. The molecule has 4 rings (SSSR count). The van der Waals surface area contributed by atoms with Crippen molar-refractivity contribution in [1.29, 1.82) is 0 Å². The number of anilines is 1. The Kier molecular flexibility index (Phi) is 7.03. The number of benzene rings is 2. The molecule has 2 fully saturated rings. The average Bonchev–Trinajstić information content (AvgIpc) is 2.82. The number of morpholine rings is 1. The van der Waals surface area contributed by atoms with Crippen molar-refractivity contribution in [3.8, 4) is 0 Å². The molecule has 0 amide bonds. The van der Waals surface area contributed by atoms with Gasteiger partial charge < -0.3 is 19.9 Å². The first-order chi connectivity index (χ1) is 14.8. The molecule has 30 heavy (non-hydrogen) atoms. The number of guanidine groups is 1. The molecule has 0 radical (unpaired) electrons. The summed E-state index contributed by atoms with van der Waals surface area (Å²) in [6, 6.07) is 19.5. The van der Waals surface area contributed by atoms with Gasteiger partial charge in [0.2, 0.25) is 0 Å². The van der Waals surface area contributed by atoms with Crippen molar-refractivity contribution in [2.24, 2.45) is 4.99 Å². The number of hydrogen-bond donors (Lipinski definition) is 1. The molecule has 2 saturated heterocycles. The van der Waals surface area contributed by atoms with Crippen LogP contribution in [-0.4, -0.2) is 57.3 Å². The summed E-state index contributed by atoms with van der Waals surface area (Å²) in [6.45, 7) is 6.39. The number of piperidine rings is 1. The van der Waals surface area contributed by atoms with Crippen molar-refractivity contribution in [3.05, 3.63) is 71.3 Å². The third-order valence-corrected chi connectivity index (χ3v) is 5.85. The van der Waals surface area contributed by atoms with Crippen molar-refractivity contribution >= 4 is 17.7 Å². The van der Waals surface area contributed by atoms with Crippen LogP contribution >= 0.6 is 0 Å². The molecule has 5 heteroatoms. The van der Waals surface area contributed by atoms with Crippen molar-refractivity contribution in [1.82, 2.24) is 10.2 Å². The van der Waals surface area contributed by atoms with E-state index in [2.05, 4.69) is 80.8 Å². The maximum absolute atomic E-state index is 5.44. The van der Waals surface area contributed by atoms with Crippen molar-refractivity contribution in [3.63, 3.8) is 0 Å². The van der Waals surface area contributed by atoms with E-state index in [0.717, 1.165) is 64.7 Å². The second-order valence-corrected chi connectivity index (χ2v) is 7.87. The zero-order valence-electron chi connectivity index (χ0n) is 17.9. The Labute approximate surface area is 180 Å². The van der Waals surface area contributed by atoms with Crippen LogP contribution in [0.25, 0.3) is 6.08 Å². The van der Waals surface area contributed by atoms with E-state index in [-0.39, 0.29) is 0 Å². The van der Waals surface area contributed by atoms with Gasteiger partial charge in [-0.3, -0.25) is 4.99 Å². The van der Waals surface area contributed by atoms with Crippen LogP contribution in [0.5, 0.6) is 0 Å². The number of nitrogens with zero attached hydrogens (tertiary/aromatic N) is 3. The largest absolute Gasteiger partial charge is 0.378 e. The normalized spacial score (nSPS) is 17.8. The van der Waals surface area contributed by atoms with Crippen LogP contribution in [0.3, 0.4) is 0 Å². The predicted octanol–water partition coefficient (Wildman–Crippen LogP) is 3.78. The maximum atomic E-state index is 5.44. The van der Waals surface area contributed by atoms with Crippen LogP contribution in [0, 0.1) is 0 Å². The fraction of sp³-hybridized carbons (Fsp3) is 0.400. The summed E-state index contributed by atoms with van der Waals surface area (Å²) < 4.78 is 5.44. The number of rotatable bonds is 4. The van der Waals surface area contributed by atoms with Gasteiger partial charge in [0.25, 0.3) is 0 Å². The third kappa shape index (κ3) is 5.42. The van der Waals surface area contributed by atoms with Gasteiger partial charge in [0, 0.05) is 45.5 Å². The number of nitrogens with one attached hydrogen (secondary N) is 1. The molecule has 2 heterocycles. The number of ether oxygens (including phenoxy) is 1. The third-order valence-electron chi connectivity index (χ3n) is 5.85. The fourth-order valence-electron chi connectivity index (χ4n) is 4.09. The molecule has 2 aromatic rings. The van der Waals surface area contributed by atoms with Crippen LogP contribution in [0.4, 0.5) is 5.69 Å². The van der Waals surface area contributed by atoms with Gasteiger partial charge in [0.15, 0.2) is 5.96 Å². The number of likely N-dealkylation sites (tertiary alicyclic amines) is 1.